The van der Waals surface area contributed by atoms with Crippen molar-refractivity contribution in [2.24, 2.45) is 0 Å². The highest BCUT2D eigenvalue weighted by atomic mass is 32.1. The number of carbonyl (C=O) groups is 1. The van der Waals surface area contributed by atoms with Gasteiger partial charge in [0, 0.05) is 6.42 Å². The molecule has 1 amide bonds. The zero-order valence-electron chi connectivity index (χ0n) is 15.0. The molecule has 2 atom stereocenters. The number of amides is 1. The first kappa shape index (κ1) is 18.9. The topological polar surface area (TPSA) is 46.4 Å². The van der Waals surface area contributed by atoms with Gasteiger partial charge < -0.3 is 10.2 Å². The van der Waals surface area contributed by atoms with Gasteiger partial charge in [0.1, 0.15) is 6.04 Å². The van der Waals surface area contributed by atoms with Gasteiger partial charge in [-0.05, 0) is 37.1 Å². The third kappa shape index (κ3) is 3.74. The molecule has 0 saturated carbocycles. The molecule has 146 valence electrons. The number of hydrogen-bond donors (Lipinski definition) is 2. The summed E-state index contributed by atoms with van der Waals surface area (Å²) in [5, 5.41) is 3.35. The Morgan fingerprint density at radius 1 is 1.14 bits per heavy atom. The van der Waals surface area contributed by atoms with Crippen LogP contribution in [0.5, 0.6) is 0 Å². The minimum Gasteiger partial charge on any atom is -0.319 e. The maximum Gasteiger partial charge on any atom is 0.279 e. The second-order valence-electron chi connectivity index (χ2n) is 6.92. The minimum atomic E-state index is -1.59. The van der Waals surface area contributed by atoms with E-state index in [1.54, 1.807) is 11.3 Å². The second kappa shape index (κ2) is 7.89. The molecule has 1 aromatic heterocycles. The molecule has 1 saturated heterocycles. The number of anilines is 1. The highest BCUT2D eigenvalue weighted by Crippen LogP contribution is 2.28. The number of quaternary nitrogens is 1. The van der Waals surface area contributed by atoms with Crippen molar-refractivity contribution in [3.05, 3.63) is 58.9 Å². The van der Waals surface area contributed by atoms with Crippen LogP contribution in [-0.2, 0) is 4.79 Å². The number of rotatable bonds is 4. The van der Waals surface area contributed by atoms with E-state index in [9.17, 15) is 18.0 Å². The van der Waals surface area contributed by atoms with Gasteiger partial charge in [0.05, 0.1) is 22.4 Å². The number of halogens is 3. The molecule has 1 fully saturated rings. The number of nitrogens with zero attached hydrogens (tertiary/aromatic N) is 1. The van der Waals surface area contributed by atoms with Gasteiger partial charge in [0.2, 0.25) is 0 Å². The molecular formula is C20H19F3N3OS+. The van der Waals surface area contributed by atoms with E-state index in [0.717, 1.165) is 58.1 Å². The summed E-state index contributed by atoms with van der Waals surface area (Å²) < 4.78 is 41.4. The number of aromatic nitrogens is 1. The molecular weight excluding hydrogens is 387 g/mol. The Balaban J connectivity index is 1.50. The summed E-state index contributed by atoms with van der Waals surface area (Å²) in [6.45, 7) is 0.910. The average Bonchev–Trinajstić information content (AvgIpc) is 3.13. The van der Waals surface area contributed by atoms with Crippen molar-refractivity contribution >= 4 is 33.1 Å². The first-order chi connectivity index (χ1) is 13.5. The maximum atomic E-state index is 13.8. The second-order valence-corrected chi connectivity index (χ2v) is 7.99. The average molecular weight is 406 g/mol. The Hall–Kier alpha value is -2.45. The zero-order valence-corrected chi connectivity index (χ0v) is 15.8. The number of likely N-dealkylation sites (tertiary alicyclic amines) is 1. The van der Waals surface area contributed by atoms with Crippen molar-refractivity contribution in [3.63, 3.8) is 0 Å². The Kier molecular flexibility index (Phi) is 5.32. The van der Waals surface area contributed by atoms with Gasteiger partial charge in [-0.15, -0.1) is 11.3 Å². The number of fused-ring (bicyclic) bond motifs is 1. The molecule has 28 heavy (non-hydrogen) atoms. The summed E-state index contributed by atoms with van der Waals surface area (Å²) >= 11 is 1.63. The number of carbonyl (C=O) groups excluding carboxylic acids is 1. The van der Waals surface area contributed by atoms with Gasteiger partial charge in [0.15, 0.2) is 29.0 Å². The summed E-state index contributed by atoms with van der Waals surface area (Å²) in [6.07, 6.45) is 2.97. The van der Waals surface area contributed by atoms with Crippen LogP contribution in [-0.4, -0.2) is 24.0 Å². The largest absolute Gasteiger partial charge is 0.319 e. The Labute approximate surface area is 164 Å². The fourth-order valence-corrected chi connectivity index (χ4v) is 4.81. The van der Waals surface area contributed by atoms with Crippen LogP contribution in [0, 0.1) is 17.5 Å². The van der Waals surface area contributed by atoms with Crippen LogP contribution in [0.2, 0.25) is 0 Å². The van der Waals surface area contributed by atoms with Crippen molar-refractivity contribution in [1.82, 2.24) is 4.98 Å². The van der Waals surface area contributed by atoms with Crippen LogP contribution in [0.3, 0.4) is 0 Å². The molecule has 0 aliphatic carbocycles. The number of thiazole rings is 1. The highest BCUT2D eigenvalue weighted by molar-refractivity contribution is 7.18. The number of hydrogen-bond acceptors (Lipinski definition) is 3. The molecule has 0 radical (unpaired) electrons. The molecule has 2 aromatic carbocycles. The van der Waals surface area contributed by atoms with E-state index in [1.807, 2.05) is 24.3 Å². The predicted molar refractivity (Wildman–Crippen MR) is 102 cm³/mol. The molecule has 2 N–H and O–H groups in total. The van der Waals surface area contributed by atoms with E-state index in [1.165, 1.54) is 0 Å². The molecule has 0 spiro atoms. The van der Waals surface area contributed by atoms with Crippen molar-refractivity contribution in [2.75, 3.05) is 18.4 Å². The minimum absolute atomic E-state index is 0.0895. The lowest BCUT2D eigenvalue weighted by atomic mass is 10.0. The van der Waals surface area contributed by atoms with E-state index in [0.29, 0.717) is 0 Å². The molecule has 2 heterocycles. The molecule has 1 unspecified atom stereocenters. The van der Waals surface area contributed by atoms with Crippen LogP contribution in [0.1, 0.15) is 30.3 Å². The summed E-state index contributed by atoms with van der Waals surface area (Å²) in [5.74, 6) is -4.69. The van der Waals surface area contributed by atoms with Gasteiger partial charge >= 0.3 is 0 Å². The summed E-state index contributed by atoms with van der Waals surface area (Å²) in [5.41, 5.74) is 0.595. The van der Waals surface area contributed by atoms with Crippen LogP contribution >= 0.6 is 11.3 Å². The van der Waals surface area contributed by atoms with Gasteiger partial charge in [-0.3, -0.25) is 4.79 Å². The van der Waals surface area contributed by atoms with Crippen LogP contribution in [0.25, 0.3) is 10.2 Å². The van der Waals surface area contributed by atoms with E-state index in [4.69, 9.17) is 4.98 Å². The lowest BCUT2D eigenvalue weighted by molar-refractivity contribution is -0.929. The van der Waals surface area contributed by atoms with E-state index < -0.39 is 23.4 Å². The third-order valence-corrected chi connectivity index (χ3v) is 6.19. The first-order valence-electron chi connectivity index (χ1n) is 9.16. The van der Waals surface area contributed by atoms with Crippen molar-refractivity contribution in [1.29, 1.82) is 0 Å². The van der Waals surface area contributed by atoms with Crippen molar-refractivity contribution in [2.45, 2.75) is 25.3 Å². The number of piperidine rings is 1. The van der Waals surface area contributed by atoms with Crippen LogP contribution < -0.4 is 10.2 Å². The number of nitrogens with one attached hydrogen (secondary N) is 2. The lowest BCUT2D eigenvalue weighted by Crippen LogP contribution is -3.14. The molecule has 4 nitrogen and oxygen atoms in total. The molecule has 8 heteroatoms. The summed E-state index contributed by atoms with van der Waals surface area (Å²) in [7, 11) is 0. The SMILES string of the molecule is O=C(C[NH+]1CCCC[C@H]1c1nc2ccccc2s1)Nc1ccc(F)c(F)c1F. The zero-order chi connectivity index (χ0) is 19.7. The fraction of sp³-hybridized carbons (Fsp3) is 0.300. The number of para-hydroxylation sites is 1. The Morgan fingerprint density at radius 2 is 1.96 bits per heavy atom. The monoisotopic (exact) mass is 406 g/mol. The maximum absolute atomic E-state index is 13.8. The van der Waals surface area contributed by atoms with Crippen LogP contribution in [0.4, 0.5) is 18.9 Å². The quantitative estimate of drug-likeness (QED) is 0.652. The standard InChI is InChI=1S/C20H18F3N3OS/c21-12-8-9-14(19(23)18(12)22)24-17(27)11-26-10-4-3-6-15(26)20-25-13-5-1-2-7-16(13)28-20/h1-2,5,7-9,15H,3-4,6,10-11H2,(H,24,27)/p+1/t15-/m0/s1. The fourth-order valence-electron chi connectivity index (χ4n) is 3.65. The van der Waals surface area contributed by atoms with Gasteiger partial charge in [-0.2, -0.15) is 0 Å². The van der Waals surface area contributed by atoms with Gasteiger partial charge in [-0.25, -0.2) is 18.2 Å². The Morgan fingerprint density at radius 3 is 2.79 bits per heavy atom. The molecule has 4 rings (SSSR count). The summed E-state index contributed by atoms with van der Waals surface area (Å²) in [6, 6.07) is 9.83. The first-order valence-corrected chi connectivity index (χ1v) is 9.98. The van der Waals surface area contributed by atoms with Gasteiger partial charge in [0.25, 0.3) is 5.91 Å². The molecule has 1 aliphatic rings. The normalized spacial score (nSPS) is 19.7. The summed E-state index contributed by atoms with van der Waals surface area (Å²) in [4.78, 5) is 18.2. The highest BCUT2D eigenvalue weighted by Gasteiger charge is 2.32. The number of benzene rings is 2. The van der Waals surface area contributed by atoms with E-state index in [2.05, 4.69) is 5.32 Å². The predicted octanol–water partition coefficient (Wildman–Crippen LogP) is 3.46. The van der Waals surface area contributed by atoms with Crippen molar-refractivity contribution in [3.8, 4) is 0 Å². The van der Waals surface area contributed by atoms with E-state index in [-0.39, 0.29) is 18.3 Å². The molecule has 3 aromatic rings. The van der Waals surface area contributed by atoms with Crippen molar-refractivity contribution < 1.29 is 22.9 Å². The Bertz CT molecular complexity index is 990. The third-order valence-electron chi connectivity index (χ3n) is 5.04. The molecule has 0 bridgehead atoms. The van der Waals surface area contributed by atoms with E-state index >= 15 is 0 Å². The van der Waals surface area contributed by atoms with Gasteiger partial charge in [-0.1, -0.05) is 12.1 Å². The smallest absolute Gasteiger partial charge is 0.279 e. The lowest BCUT2D eigenvalue weighted by Gasteiger charge is -2.30. The molecule has 1 aliphatic heterocycles. The van der Waals surface area contributed by atoms with Crippen LogP contribution in [0.15, 0.2) is 36.4 Å².